The van der Waals surface area contributed by atoms with Crippen molar-refractivity contribution < 1.29 is 39.0 Å². The molecule has 8 N–H and O–H groups in total. The van der Waals surface area contributed by atoms with Gasteiger partial charge in [-0.05, 0) is 48.5 Å². The normalized spacial score (nSPS) is 11.7. The summed E-state index contributed by atoms with van der Waals surface area (Å²) in [6.07, 6.45) is 5.51. The first-order chi connectivity index (χ1) is 22.2. The van der Waals surface area contributed by atoms with Crippen LogP contribution < -0.4 is 31.9 Å². The lowest BCUT2D eigenvalue weighted by Gasteiger charge is -2.16. The third-order valence-electron chi connectivity index (χ3n) is 6.25. The number of amides is 6. The van der Waals surface area contributed by atoms with Gasteiger partial charge in [-0.25, -0.2) is 0 Å². The summed E-state index contributed by atoms with van der Waals surface area (Å²) >= 11 is 0. The van der Waals surface area contributed by atoms with E-state index in [1.165, 1.54) is 49.1 Å². The summed E-state index contributed by atoms with van der Waals surface area (Å²) in [6, 6.07) is 9.66. The molecule has 242 valence electrons. The summed E-state index contributed by atoms with van der Waals surface area (Å²) in [4.78, 5) is 81.3. The van der Waals surface area contributed by atoms with Crippen LogP contribution in [0.2, 0.25) is 0 Å². The fourth-order valence-corrected chi connectivity index (χ4v) is 3.81. The molecule has 0 aliphatic rings. The van der Waals surface area contributed by atoms with Crippen molar-refractivity contribution in [2.75, 3.05) is 36.9 Å². The highest BCUT2D eigenvalue weighted by Crippen LogP contribution is 2.14. The molecule has 16 nitrogen and oxygen atoms in total. The number of anilines is 2. The van der Waals surface area contributed by atoms with E-state index in [1.807, 2.05) is 0 Å². The molecule has 2 heterocycles. The number of benzene rings is 1. The van der Waals surface area contributed by atoms with Gasteiger partial charge in [0.05, 0.1) is 13.2 Å². The lowest BCUT2D eigenvalue weighted by molar-refractivity contribution is -0.125. The Kier molecular flexibility index (Phi) is 13.7. The Morgan fingerprint density at radius 1 is 0.565 bits per heavy atom. The lowest BCUT2D eigenvalue weighted by atomic mass is 10.2. The number of nitrogens with zero attached hydrogens (tertiary/aromatic N) is 2. The highest BCUT2D eigenvalue weighted by Gasteiger charge is 2.22. The standard InChI is InChI=1S/C30H34N8O8/c39-17-23(37-27(43)19-5-11-31-12-6-19)29(45)33-15-9-25(41)35-21-1-2-22(4-3-21)36-26(42)10-16-34-30(46)24(18-40)38-28(44)20-7-13-32-14-8-20/h1-8,11-14,23-24,39-40H,9-10,15-18H2,(H,33,45)(H,34,46)(H,35,41)(H,36,42)(H,37,43)(H,38,44)/t23-,24-/m0/s1. The molecule has 0 fully saturated rings. The van der Waals surface area contributed by atoms with Crippen LogP contribution in [0.25, 0.3) is 0 Å². The molecule has 0 saturated carbocycles. The number of carbonyl (C=O) groups is 6. The van der Waals surface area contributed by atoms with Gasteiger partial charge < -0.3 is 42.1 Å². The highest BCUT2D eigenvalue weighted by molar-refractivity contribution is 5.98. The minimum Gasteiger partial charge on any atom is -0.394 e. The van der Waals surface area contributed by atoms with Crippen molar-refractivity contribution in [2.45, 2.75) is 24.9 Å². The first kappa shape index (κ1) is 34.7. The molecular formula is C30H34N8O8. The summed E-state index contributed by atoms with van der Waals surface area (Å²) in [5, 5.41) is 34.1. The molecule has 2 aromatic heterocycles. The minimum absolute atomic E-state index is 0.0485. The second-order valence-corrected chi connectivity index (χ2v) is 9.64. The summed E-state index contributed by atoms with van der Waals surface area (Å²) in [7, 11) is 0. The Morgan fingerprint density at radius 3 is 1.24 bits per heavy atom. The number of rotatable bonds is 16. The molecule has 46 heavy (non-hydrogen) atoms. The maximum absolute atomic E-state index is 12.3. The van der Waals surface area contributed by atoms with Crippen LogP contribution in [0.15, 0.2) is 73.3 Å². The van der Waals surface area contributed by atoms with Crippen LogP contribution in [0.3, 0.4) is 0 Å². The van der Waals surface area contributed by atoms with Gasteiger partial charge in [0.15, 0.2) is 0 Å². The van der Waals surface area contributed by atoms with E-state index in [0.717, 1.165) is 0 Å². The lowest BCUT2D eigenvalue weighted by Crippen LogP contribution is -2.49. The van der Waals surface area contributed by atoms with Crippen molar-refractivity contribution in [1.82, 2.24) is 31.2 Å². The Hall–Kier alpha value is -5.74. The van der Waals surface area contributed by atoms with Crippen molar-refractivity contribution in [3.8, 4) is 0 Å². The van der Waals surface area contributed by atoms with Crippen LogP contribution in [-0.2, 0) is 19.2 Å². The third kappa shape index (κ3) is 11.4. The Balaban J connectivity index is 1.34. The maximum atomic E-state index is 12.3. The van der Waals surface area contributed by atoms with Crippen molar-refractivity contribution in [2.24, 2.45) is 0 Å². The SMILES string of the molecule is O=C(CCNC(=O)[C@H](CO)NC(=O)c1ccncc1)Nc1ccc(NC(=O)CCNC(=O)[C@H](CO)NC(=O)c2ccncc2)cc1. The number of pyridine rings is 2. The van der Waals surface area contributed by atoms with Crippen LogP contribution in [0.4, 0.5) is 11.4 Å². The molecule has 0 bridgehead atoms. The monoisotopic (exact) mass is 634 g/mol. The largest absolute Gasteiger partial charge is 0.394 e. The van der Waals surface area contributed by atoms with Gasteiger partial charge in [0, 0.05) is 73.2 Å². The number of hydrogen-bond donors (Lipinski definition) is 8. The van der Waals surface area contributed by atoms with E-state index in [2.05, 4.69) is 41.9 Å². The van der Waals surface area contributed by atoms with Crippen molar-refractivity contribution in [3.63, 3.8) is 0 Å². The number of carbonyl (C=O) groups excluding carboxylic acids is 6. The Morgan fingerprint density at radius 2 is 0.913 bits per heavy atom. The average Bonchev–Trinajstić information content (AvgIpc) is 3.07. The predicted octanol–water partition coefficient (Wildman–Crippen LogP) is -1.05. The van der Waals surface area contributed by atoms with Gasteiger partial charge in [0.1, 0.15) is 12.1 Å². The smallest absolute Gasteiger partial charge is 0.252 e. The molecule has 3 rings (SSSR count). The van der Waals surface area contributed by atoms with Gasteiger partial charge in [0.25, 0.3) is 11.8 Å². The zero-order valence-electron chi connectivity index (χ0n) is 24.6. The third-order valence-corrected chi connectivity index (χ3v) is 6.25. The van der Waals surface area contributed by atoms with Crippen molar-refractivity contribution in [3.05, 3.63) is 84.4 Å². The van der Waals surface area contributed by atoms with Crippen molar-refractivity contribution >= 4 is 46.8 Å². The van der Waals surface area contributed by atoms with Gasteiger partial charge in [0.2, 0.25) is 23.6 Å². The molecule has 3 aromatic rings. The molecule has 2 atom stereocenters. The van der Waals surface area contributed by atoms with E-state index in [1.54, 1.807) is 24.3 Å². The first-order valence-corrected chi connectivity index (χ1v) is 14.1. The molecule has 16 heteroatoms. The molecule has 1 aromatic carbocycles. The number of aliphatic hydroxyl groups is 2. The topological polar surface area (TPSA) is 241 Å². The van der Waals surface area contributed by atoms with Crippen LogP contribution in [0, 0.1) is 0 Å². The van der Waals surface area contributed by atoms with Gasteiger partial charge in [-0.3, -0.25) is 38.7 Å². The second kappa shape index (κ2) is 18.2. The number of nitrogens with one attached hydrogen (secondary N) is 6. The highest BCUT2D eigenvalue weighted by atomic mass is 16.3. The Labute approximate surface area is 263 Å². The van der Waals surface area contributed by atoms with E-state index in [-0.39, 0.29) is 37.1 Å². The Bertz CT molecular complexity index is 1380. The zero-order chi connectivity index (χ0) is 33.3. The van der Waals surface area contributed by atoms with E-state index in [0.29, 0.717) is 11.4 Å². The molecule has 0 aliphatic heterocycles. The van der Waals surface area contributed by atoms with Gasteiger partial charge in [-0.1, -0.05) is 0 Å². The van der Waals surface area contributed by atoms with Crippen LogP contribution >= 0.6 is 0 Å². The van der Waals surface area contributed by atoms with Gasteiger partial charge in [-0.15, -0.1) is 0 Å². The van der Waals surface area contributed by atoms with E-state index in [4.69, 9.17) is 0 Å². The molecule has 6 amide bonds. The number of aromatic nitrogens is 2. The summed E-state index contributed by atoms with van der Waals surface area (Å²) in [6.45, 7) is -1.37. The molecule has 0 radical (unpaired) electrons. The van der Waals surface area contributed by atoms with Gasteiger partial charge in [-0.2, -0.15) is 0 Å². The summed E-state index contributed by atoms with van der Waals surface area (Å²) in [5.74, 6) is -3.25. The van der Waals surface area contributed by atoms with Gasteiger partial charge >= 0.3 is 0 Å². The molecule has 0 spiro atoms. The summed E-state index contributed by atoms with van der Waals surface area (Å²) < 4.78 is 0. The van der Waals surface area contributed by atoms with Crippen LogP contribution in [0.5, 0.6) is 0 Å². The van der Waals surface area contributed by atoms with E-state index < -0.39 is 60.7 Å². The molecular weight excluding hydrogens is 600 g/mol. The predicted molar refractivity (Wildman–Crippen MR) is 164 cm³/mol. The quantitative estimate of drug-likeness (QED) is 0.0951. The number of aliphatic hydroxyl groups excluding tert-OH is 2. The average molecular weight is 635 g/mol. The number of hydrogen-bond acceptors (Lipinski definition) is 10. The minimum atomic E-state index is -1.20. The van der Waals surface area contributed by atoms with Crippen LogP contribution in [-0.4, -0.2) is 94.0 Å². The van der Waals surface area contributed by atoms with E-state index >= 15 is 0 Å². The maximum Gasteiger partial charge on any atom is 0.252 e. The van der Waals surface area contributed by atoms with Crippen LogP contribution in [0.1, 0.15) is 33.6 Å². The van der Waals surface area contributed by atoms with Crippen molar-refractivity contribution in [1.29, 1.82) is 0 Å². The fourth-order valence-electron chi connectivity index (χ4n) is 3.81. The second-order valence-electron chi connectivity index (χ2n) is 9.64. The molecule has 0 unspecified atom stereocenters. The zero-order valence-corrected chi connectivity index (χ0v) is 24.6. The molecule has 0 aliphatic carbocycles. The fraction of sp³-hybridized carbons (Fsp3) is 0.267. The first-order valence-electron chi connectivity index (χ1n) is 14.1. The van der Waals surface area contributed by atoms with E-state index in [9.17, 15) is 39.0 Å². The molecule has 0 saturated heterocycles. The summed E-state index contributed by atoms with van der Waals surface area (Å²) in [5.41, 5.74) is 1.41.